The maximum absolute atomic E-state index is 3.75. The van der Waals surface area contributed by atoms with Crippen molar-refractivity contribution in [2.45, 2.75) is 6.42 Å². The number of benzene rings is 2. The van der Waals surface area contributed by atoms with Gasteiger partial charge in [-0.15, -0.1) is 6.58 Å². The van der Waals surface area contributed by atoms with Gasteiger partial charge in [-0.25, -0.2) is 0 Å². The Kier molecular flexibility index (Phi) is 5.17. The normalized spacial score (nSPS) is 11.9. The summed E-state index contributed by atoms with van der Waals surface area (Å²) in [7, 11) is 0. The van der Waals surface area contributed by atoms with E-state index in [1.165, 1.54) is 11.1 Å². The predicted octanol–water partition coefficient (Wildman–Crippen LogP) is 6.39. The Morgan fingerprint density at radius 3 is 2.05 bits per heavy atom. The van der Waals surface area contributed by atoms with Gasteiger partial charge in [-0.2, -0.15) is 0 Å². The minimum Gasteiger partial charge on any atom is -0.103 e. The summed E-state index contributed by atoms with van der Waals surface area (Å²) >= 11 is 7.18. The Labute approximate surface area is 131 Å². The SMILES string of the molecule is C=CC/C(Br)=C(/Br)c1ccc(-c2ccccc2)cc1. The van der Waals surface area contributed by atoms with Crippen LogP contribution in [-0.2, 0) is 0 Å². The van der Waals surface area contributed by atoms with Gasteiger partial charge in [0.25, 0.3) is 0 Å². The number of hydrogen-bond donors (Lipinski definition) is 0. The van der Waals surface area contributed by atoms with Crippen molar-refractivity contribution in [1.29, 1.82) is 0 Å². The van der Waals surface area contributed by atoms with Crippen LogP contribution in [0.2, 0.25) is 0 Å². The third-order valence-electron chi connectivity index (χ3n) is 2.81. The number of rotatable bonds is 4. The molecular weight excluding hydrogens is 364 g/mol. The van der Waals surface area contributed by atoms with Gasteiger partial charge in [0.05, 0.1) is 0 Å². The molecule has 0 spiro atoms. The first-order valence-electron chi connectivity index (χ1n) is 6.03. The van der Waals surface area contributed by atoms with E-state index < -0.39 is 0 Å². The van der Waals surface area contributed by atoms with Gasteiger partial charge in [0.1, 0.15) is 0 Å². The summed E-state index contributed by atoms with van der Waals surface area (Å²) in [6.07, 6.45) is 2.70. The molecule has 0 heterocycles. The molecule has 0 aromatic heterocycles. The molecule has 19 heavy (non-hydrogen) atoms. The molecule has 2 aromatic rings. The van der Waals surface area contributed by atoms with Crippen LogP contribution in [0.25, 0.3) is 15.6 Å². The molecule has 0 amide bonds. The Hall–Kier alpha value is -1.12. The Balaban J connectivity index is 2.29. The van der Waals surface area contributed by atoms with Gasteiger partial charge in [0, 0.05) is 8.96 Å². The summed E-state index contributed by atoms with van der Waals surface area (Å²) < 4.78 is 2.18. The molecule has 0 fully saturated rings. The lowest BCUT2D eigenvalue weighted by Crippen LogP contribution is -1.82. The van der Waals surface area contributed by atoms with E-state index in [1.54, 1.807) is 0 Å². The van der Waals surface area contributed by atoms with Crippen LogP contribution < -0.4 is 0 Å². The fraction of sp³-hybridized carbons (Fsp3) is 0.0588. The van der Waals surface area contributed by atoms with Crippen molar-refractivity contribution in [3.8, 4) is 11.1 Å². The second-order valence-electron chi connectivity index (χ2n) is 4.16. The highest BCUT2D eigenvalue weighted by atomic mass is 79.9. The van der Waals surface area contributed by atoms with Crippen molar-refractivity contribution in [2.24, 2.45) is 0 Å². The predicted molar refractivity (Wildman–Crippen MR) is 91.5 cm³/mol. The van der Waals surface area contributed by atoms with Crippen molar-refractivity contribution in [3.05, 3.63) is 77.3 Å². The topological polar surface area (TPSA) is 0 Å². The van der Waals surface area contributed by atoms with Crippen molar-refractivity contribution >= 4 is 36.3 Å². The Morgan fingerprint density at radius 2 is 1.47 bits per heavy atom. The van der Waals surface area contributed by atoms with E-state index in [0.717, 1.165) is 20.9 Å². The quantitative estimate of drug-likeness (QED) is 0.541. The van der Waals surface area contributed by atoms with Crippen molar-refractivity contribution in [3.63, 3.8) is 0 Å². The highest BCUT2D eigenvalue weighted by Gasteiger charge is 2.03. The zero-order valence-corrected chi connectivity index (χ0v) is 13.6. The molecular formula is C17H14Br2. The molecule has 0 saturated heterocycles. The fourth-order valence-corrected chi connectivity index (χ4v) is 2.70. The average Bonchev–Trinajstić information content (AvgIpc) is 2.48. The highest BCUT2D eigenvalue weighted by Crippen LogP contribution is 2.32. The van der Waals surface area contributed by atoms with Crippen LogP contribution in [0.1, 0.15) is 12.0 Å². The maximum atomic E-state index is 3.75. The maximum Gasteiger partial charge on any atom is 0.0352 e. The first-order chi connectivity index (χ1) is 9.22. The summed E-state index contributed by atoms with van der Waals surface area (Å²) in [6, 6.07) is 18.9. The zero-order valence-electron chi connectivity index (χ0n) is 10.4. The molecule has 0 unspecified atom stereocenters. The van der Waals surface area contributed by atoms with E-state index in [2.05, 4.69) is 87.0 Å². The molecule has 0 bridgehead atoms. The van der Waals surface area contributed by atoms with Crippen LogP contribution in [0.15, 0.2) is 71.7 Å². The smallest absolute Gasteiger partial charge is 0.0352 e. The number of allylic oxidation sites excluding steroid dienone is 2. The van der Waals surface area contributed by atoms with Gasteiger partial charge in [0.15, 0.2) is 0 Å². The van der Waals surface area contributed by atoms with Crippen LogP contribution in [-0.4, -0.2) is 0 Å². The molecule has 0 N–H and O–H groups in total. The number of halogens is 2. The summed E-state index contributed by atoms with van der Waals surface area (Å²) in [5, 5.41) is 0. The summed E-state index contributed by atoms with van der Waals surface area (Å²) in [4.78, 5) is 0. The van der Waals surface area contributed by atoms with E-state index in [0.29, 0.717) is 0 Å². The standard InChI is InChI=1S/C17H14Br2/c1-2-6-16(18)17(19)15-11-9-14(10-12-15)13-7-4-3-5-8-13/h2-5,7-12H,1,6H2/b17-16-. The molecule has 0 aliphatic heterocycles. The van der Waals surface area contributed by atoms with Crippen molar-refractivity contribution in [2.75, 3.05) is 0 Å². The summed E-state index contributed by atoms with van der Waals surface area (Å²) in [6.45, 7) is 3.75. The molecule has 96 valence electrons. The number of hydrogen-bond acceptors (Lipinski definition) is 0. The third kappa shape index (κ3) is 3.68. The van der Waals surface area contributed by atoms with E-state index in [-0.39, 0.29) is 0 Å². The van der Waals surface area contributed by atoms with E-state index in [4.69, 9.17) is 0 Å². The molecule has 2 rings (SSSR count). The summed E-state index contributed by atoms with van der Waals surface area (Å²) in [5.41, 5.74) is 3.62. The minimum atomic E-state index is 0.820. The first-order valence-corrected chi connectivity index (χ1v) is 7.62. The lowest BCUT2D eigenvalue weighted by Gasteiger charge is -2.06. The molecule has 0 atom stereocenters. The molecule has 0 nitrogen and oxygen atoms in total. The van der Waals surface area contributed by atoms with E-state index in [9.17, 15) is 0 Å². The monoisotopic (exact) mass is 376 g/mol. The fourth-order valence-electron chi connectivity index (χ4n) is 1.81. The van der Waals surface area contributed by atoms with Crippen LogP contribution >= 0.6 is 31.9 Å². The molecule has 0 saturated carbocycles. The van der Waals surface area contributed by atoms with Crippen LogP contribution in [0.4, 0.5) is 0 Å². The Bertz CT molecular complexity index is 580. The lowest BCUT2D eigenvalue weighted by molar-refractivity contribution is 1.39. The molecule has 2 aromatic carbocycles. The van der Waals surface area contributed by atoms with Gasteiger partial charge < -0.3 is 0 Å². The van der Waals surface area contributed by atoms with Gasteiger partial charge in [-0.3, -0.25) is 0 Å². The van der Waals surface area contributed by atoms with E-state index in [1.807, 2.05) is 12.1 Å². The van der Waals surface area contributed by atoms with E-state index >= 15 is 0 Å². The average molecular weight is 378 g/mol. The zero-order chi connectivity index (χ0) is 13.7. The molecule has 0 radical (unpaired) electrons. The largest absolute Gasteiger partial charge is 0.103 e. The minimum absolute atomic E-state index is 0.820. The van der Waals surface area contributed by atoms with Crippen molar-refractivity contribution < 1.29 is 0 Å². The summed E-state index contributed by atoms with van der Waals surface area (Å²) in [5.74, 6) is 0. The molecule has 0 aliphatic carbocycles. The first kappa shape index (κ1) is 14.3. The second kappa shape index (κ2) is 6.88. The third-order valence-corrected chi connectivity index (χ3v) is 5.00. The van der Waals surface area contributed by atoms with Crippen molar-refractivity contribution in [1.82, 2.24) is 0 Å². The van der Waals surface area contributed by atoms with Crippen LogP contribution in [0.5, 0.6) is 0 Å². The van der Waals surface area contributed by atoms with Gasteiger partial charge in [-0.05, 0) is 39.0 Å². The lowest BCUT2D eigenvalue weighted by atomic mass is 10.0. The van der Waals surface area contributed by atoms with Gasteiger partial charge in [-0.1, -0.05) is 76.6 Å². The highest BCUT2D eigenvalue weighted by molar-refractivity contribution is 9.16. The van der Waals surface area contributed by atoms with Crippen LogP contribution in [0.3, 0.4) is 0 Å². The molecule has 0 aliphatic rings. The van der Waals surface area contributed by atoms with Crippen LogP contribution in [0, 0.1) is 0 Å². The second-order valence-corrected chi connectivity index (χ2v) is 5.91. The van der Waals surface area contributed by atoms with Gasteiger partial charge in [0.2, 0.25) is 0 Å². The molecule has 2 heteroatoms. The van der Waals surface area contributed by atoms with Gasteiger partial charge >= 0.3 is 0 Å². The Morgan fingerprint density at radius 1 is 0.895 bits per heavy atom.